The van der Waals surface area contributed by atoms with Gasteiger partial charge in [-0.25, -0.2) is 17.7 Å². The fourth-order valence-electron chi connectivity index (χ4n) is 3.05. The number of piperazine rings is 1. The Balaban J connectivity index is 1.43. The smallest absolute Gasteiger partial charge is 0.252 e. The first-order valence-electron chi connectivity index (χ1n) is 9.55. The number of nitrogens with one attached hydrogen (secondary N) is 1. The zero-order valence-corrected chi connectivity index (χ0v) is 18.4. The van der Waals surface area contributed by atoms with Crippen LogP contribution in [0.3, 0.4) is 0 Å². The summed E-state index contributed by atoms with van der Waals surface area (Å²) >= 11 is 1.19. The maximum absolute atomic E-state index is 12.4. The number of hydrogen-bond donors (Lipinski definition) is 1. The Morgan fingerprint density at radius 2 is 2.00 bits per heavy atom. The Bertz CT molecular complexity index is 892. The lowest BCUT2D eigenvalue weighted by Gasteiger charge is -2.33. The molecule has 1 N–H and O–H groups in total. The predicted molar refractivity (Wildman–Crippen MR) is 116 cm³/mol. The number of carbonyl (C=O) groups is 1. The van der Waals surface area contributed by atoms with Gasteiger partial charge >= 0.3 is 0 Å². The van der Waals surface area contributed by atoms with Crippen molar-refractivity contribution in [3.05, 3.63) is 35.8 Å². The molecule has 8 nitrogen and oxygen atoms in total. The summed E-state index contributed by atoms with van der Waals surface area (Å²) in [6.45, 7) is 4.19. The maximum atomic E-state index is 12.4. The van der Waals surface area contributed by atoms with Crippen molar-refractivity contribution in [1.82, 2.24) is 14.2 Å². The summed E-state index contributed by atoms with van der Waals surface area (Å²) in [6.07, 6.45) is 2.35. The van der Waals surface area contributed by atoms with Crippen molar-refractivity contribution in [1.29, 1.82) is 0 Å². The predicted octanol–water partition coefficient (Wildman–Crippen LogP) is 1.93. The zero-order valence-electron chi connectivity index (χ0n) is 16.7. The van der Waals surface area contributed by atoms with Gasteiger partial charge in [0.25, 0.3) is 10.0 Å². The molecule has 29 heavy (non-hydrogen) atoms. The number of carbonyl (C=O) groups excluding carboxylic acids is 1. The van der Waals surface area contributed by atoms with Gasteiger partial charge in [-0.05, 0) is 37.0 Å². The van der Waals surface area contributed by atoms with Gasteiger partial charge < -0.3 is 15.1 Å². The number of nitrogens with zero attached hydrogens (tertiary/aromatic N) is 4. The van der Waals surface area contributed by atoms with Crippen LogP contribution in [-0.4, -0.2) is 75.3 Å². The molecule has 2 aromatic rings. The third-order valence-electron chi connectivity index (χ3n) is 4.90. The number of thiophene rings is 1. The zero-order chi connectivity index (χ0) is 20.9. The van der Waals surface area contributed by atoms with Gasteiger partial charge in [0.1, 0.15) is 10.0 Å². The normalized spacial score (nSPS) is 15.6. The molecule has 1 fully saturated rings. The molecular formula is C19H27N5O3S2. The van der Waals surface area contributed by atoms with Crippen molar-refractivity contribution < 1.29 is 13.2 Å². The Morgan fingerprint density at radius 3 is 2.62 bits per heavy atom. The second kappa shape index (κ2) is 9.66. The van der Waals surface area contributed by atoms with Crippen LogP contribution in [0, 0.1) is 0 Å². The molecule has 2 aromatic heterocycles. The van der Waals surface area contributed by atoms with E-state index in [1.54, 1.807) is 23.7 Å². The van der Waals surface area contributed by atoms with Crippen LogP contribution in [0.15, 0.2) is 40.1 Å². The summed E-state index contributed by atoms with van der Waals surface area (Å²) in [5.41, 5.74) is 0.646. The van der Waals surface area contributed by atoms with E-state index in [-0.39, 0.29) is 18.9 Å². The molecule has 1 amide bonds. The molecule has 1 aliphatic heterocycles. The molecule has 0 spiro atoms. The molecule has 158 valence electrons. The van der Waals surface area contributed by atoms with E-state index in [4.69, 9.17) is 0 Å². The van der Waals surface area contributed by atoms with Crippen molar-refractivity contribution in [2.45, 2.75) is 17.1 Å². The van der Waals surface area contributed by atoms with Crippen LogP contribution >= 0.6 is 11.3 Å². The third-order valence-corrected chi connectivity index (χ3v) is 8.13. The second-order valence-electron chi connectivity index (χ2n) is 7.11. The summed E-state index contributed by atoms with van der Waals surface area (Å²) in [5, 5.41) is 4.56. The highest BCUT2D eigenvalue weighted by molar-refractivity contribution is 7.91. The molecule has 0 bridgehead atoms. The summed E-state index contributed by atoms with van der Waals surface area (Å²) in [6, 6.07) is 7.07. The summed E-state index contributed by atoms with van der Waals surface area (Å²) in [5.74, 6) is 0.762. The average molecular weight is 438 g/mol. The second-order valence-corrected chi connectivity index (χ2v) is 10.3. The van der Waals surface area contributed by atoms with Crippen molar-refractivity contribution in [2.75, 3.05) is 57.0 Å². The minimum atomic E-state index is -3.47. The van der Waals surface area contributed by atoms with Crippen LogP contribution in [0.5, 0.6) is 0 Å². The van der Waals surface area contributed by atoms with E-state index in [2.05, 4.69) is 27.1 Å². The lowest BCUT2D eigenvalue weighted by molar-refractivity contribution is -0.116. The highest BCUT2D eigenvalue weighted by atomic mass is 32.2. The maximum Gasteiger partial charge on any atom is 0.252 e. The topological polar surface area (TPSA) is 85.9 Å². The van der Waals surface area contributed by atoms with Crippen LogP contribution in [-0.2, 0) is 14.8 Å². The van der Waals surface area contributed by atoms with Gasteiger partial charge in [-0.3, -0.25) is 4.79 Å². The molecule has 1 saturated heterocycles. The molecule has 0 unspecified atom stereocenters. The van der Waals surface area contributed by atoms with Gasteiger partial charge in [0.05, 0.1) is 11.9 Å². The van der Waals surface area contributed by atoms with Gasteiger partial charge in [-0.15, -0.1) is 11.3 Å². The molecule has 3 heterocycles. The fraction of sp³-hybridized carbons (Fsp3) is 0.474. The van der Waals surface area contributed by atoms with Gasteiger partial charge in [-0.2, -0.15) is 0 Å². The van der Waals surface area contributed by atoms with E-state index in [9.17, 15) is 13.2 Å². The van der Waals surface area contributed by atoms with Gasteiger partial charge in [0.2, 0.25) is 5.91 Å². The minimum Gasteiger partial charge on any atom is -0.354 e. The number of hydrogen-bond acceptors (Lipinski definition) is 7. The lowest BCUT2D eigenvalue weighted by Crippen LogP contribution is -2.44. The van der Waals surface area contributed by atoms with Gasteiger partial charge in [0.15, 0.2) is 0 Å². The quantitative estimate of drug-likeness (QED) is 0.679. The van der Waals surface area contributed by atoms with Crippen molar-refractivity contribution in [2.24, 2.45) is 0 Å². The number of anilines is 2. The Kier molecular flexibility index (Phi) is 7.23. The monoisotopic (exact) mass is 437 g/mol. The van der Waals surface area contributed by atoms with E-state index < -0.39 is 10.0 Å². The largest absolute Gasteiger partial charge is 0.354 e. The van der Waals surface area contributed by atoms with Crippen molar-refractivity contribution >= 4 is 38.8 Å². The Hall–Kier alpha value is -2.01. The average Bonchev–Trinajstić information content (AvgIpc) is 3.25. The molecular weight excluding hydrogens is 410 g/mol. The standard InChI is InChI=1S/C19H27N5O3S2/c1-22-10-12-24(13-11-22)17-8-7-16(15-20-17)21-18(25)5-3-9-23(2)29(26,27)19-6-4-14-28-19/h4,6-8,14-15H,3,5,9-13H2,1-2H3,(H,21,25). The molecule has 0 aromatic carbocycles. The van der Waals surface area contributed by atoms with Crippen LogP contribution < -0.4 is 10.2 Å². The van der Waals surface area contributed by atoms with E-state index in [0.717, 1.165) is 32.0 Å². The minimum absolute atomic E-state index is 0.152. The highest BCUT2D eigenvalue weighted by Gasteiger charge is 2.21. The van der Waals surface area contributed by atoms with Crippen LogP contribution in [0.4, 0.5) is 11.5 Å². The Morgan fingerprint density at radius 1 is 1.24 bits per heavy atom. The first-order valence-corrected chi connectivity index (χ1v) is 11.9. The molecule has 0 radical (unpaired) electrons. The van der Waals surface area contributed by atoms with E-state index in [1.807, 2.05) is 12.1 Å². The van der Waals surface area contributed by atoms with Crippen LogP contribution in [0.2, 0.25) is 0 Å². The molecule has 0 atom stereocenters. The van der Waals surface area contributed by atoms with E-state index in [1.165, 1.54) is 22.7 Å². The summed E-state index contributed by atoms with van der Waals surface area (Å²) in [4.78, 5) is 21.1. The molecule has 0 aliphatic carbocycles. The van der Waals surface area contributed by atoms with Crippen molar-refractivity contribution in [3.8, 4) is 0 Å². The van der Waals surface area contributed by atoms with E-state index in [0.29, 0.717) is 16.3 Å². The molecule has 10 heteroatoms. The lowest BCUT2D eigenvalue weighted by atomic mass is 10.2. The first-order chi connectivity index (χ1) is 13.9. The Labute approximate surface area is 176 Å². The van der Waals surface area contributed by atoms with E-state index >= 15 is 0 Å². The van der Waals surface area contributed by atoms with Gasteiger partial charge in [0, 0.05) is 46.2 Å². The fourth-order valence-corrected chi connectivity index (χ4v) is 5.46. The van der Waals surface area contributed by atoms with Crippen LogP contribution in [0.1, 0.15) is 12.8 Å². The SMILES string of the molecule is CN1CCN(c2ccc(NC(=O)CCCN(C)S(=O)(=O)c3cccs3)cn2)CC1. The number of likely N-dealkylation sites (N-methyl/N-ethyl adjacent to an activating group) is 1. The summed E-state index contributed by atoms with van der Waals surface area (Å²) < 4.78 is 26.3. The molecule has 0 saturated carbocycles. The number of rotatable bonds is 8. The van der Waals surface area contributed by atoms with Gasteiger partial charge in [-0.1, -0.05) is 6.07 Å². The number of amides is 1. The van der Waals surface area contributed by atoms with Crippen molar-refractivity contribution in [3.63, 3.8) is 0 Å². The first kappa shape index (κ1) is 21.7. The van der Waals surface area contributed by atoms with Crippen LogP contribution in [0.25, 0.3) is 0 Å². The molecule has 3 rings (SSSR count). The molecule has 1 aliphatic rings. The summed E-state index contributed by atoms with van der Waals surface area (Å²) in [7, 11) is 0.177. The number of pyridine rings is 1. The highest BCUT2D eigenvalue weighted by Crippen LogP contribution is 2.20. The third kappa shape index (κ3) is 5.75. The number of aromatic nitrogens is 1. The number of sulfonamides is 1.